The molecule has 0 aliphatic carbocycles. The van der Waals surface area contributed by atoms with Gasteiger partial charge >= 0.3 is 0 Å². The van der Waals surface area contributed by atoms with Crippen molar-refractivity contribution >= 4 is 31.5 Å². The van der Waals surface area contributed by atoms with Crippen molar-refractivity contribution in [2.45, 2.75) is 45.1 Å². The molecule has 9 heteroatoms. The van der Waals surface area contributed by atoms with Crippen molar-refractivity contribution < 1.29 is 21.6 Å². The van der Waals surface area contributed by atoms with E-state index in [9.17, 15) is 21.6 Å². The Morgan fingerprint density at radius 2 is 1.48 bits per heavy atom. The molecule has 0 heterocycles. The Kier molecular flexibility index (Phi) is 7.54. The van der Waals surface area contributed by atoms with Gasteiger partial charge in [-0.15, -0.1) is 0 Å². The number of hydrogen-bond acceptors (Lipinski definition) is 5. The first-order valence-electron chi connectivity index (χ1n) is 9.89. The molecule has 1 unspecified atom stereocenters. The van der Waals surface area contributed by atoms with Crippen LogP contribution < -0.4 is 9.62 Å². The van der Waals surface area contributed by atoms with Crippen LogP contribution in [0, 0.1) is 20.8 Å². The summed E-state index contributed by atoms with van der Waals surface area (Å²) in [5.74, 6) is -0.441. The summed E-state index contributed by atoms with van der Waals surface area (Å²) in [5, 5.41) is 2.87. The van der Waals surface area contributed by atoms with Gasteiger partial charge in [0.15, 0.2) is 9.84 Å². The Labute approximate surface area is 185 Å². The number of carbonyl (C=O) groups is 1. The second kappa shape index (κ2) is 9.40. The molecule has 2 aromatic carbocycles. The molecule has 7 nitrogen and oxygen atoms in total. The maximum atomic E-state index is 12.8. The van der Waals surface area contributed by atoms with Crippen LogP contribution in [0.5, 0.6) is 0 Å². The van der Waals surface area contributed by atoms with Crippen LogP contribution in [0.4, 0.5) is 5.69 Å². The van der Waals surface area contributed by atoms with Gasteiger partial charge in [-0.3, -0.25) is 9.10 Å². The Bertz CT molecular complexity index is 1150. The number of benzene rings is 2. The fourth-order valence-corrected chi connectivity index (χ4v) is 5.27. The van der Waals surface area contributed by atoms with Crippen molar-refractivity contribution in [2.75, 3.05) is 23.4 Å². The van der Waals surface area contributed by atoms with E-state index in [1.54, 1.807) is 12.1 Å². The standard InChI is InChI=1S/C22H30N2O5S2/c1-7-20(18-8-10-19(11-9-18)30(5,26)27)23-21(25)14-24(31(6,28)29)22-16(3)12-15(2)13-17(22)4/h8-13,20H,7,14H2,1-6H3,(H,23,25). The third-order valence-electron chi connectivity index (χ3n) is 5.03. The van der Waals surface area contributed by atoms with E-state index < -0.39 is 25.8 Å². The van der Waals surface area contributed by atoms with Crippen LogP contribution in [0.25, 0.3) is 0 Å². The van der Waals surface area contributed by atoms with Gasteiger partial charge in [0.2, 0.25) is 15.9 Å². The van der Waals surface area contributed by atoms with E-state index in [1.165, 1.54) is 12.1 Å². The molecule has 2 aromatic rings. The van der Waals surface area contributed by atoms with E-state index in [2.05, 4.69) is 5.32 Å². The number of sulfonamides is 1. The number of nitrogens with one attached hydrogen (secondary N) is 1. The van der Waals surface area contributed by atoms with E-state index in [4.69, 9.17) is 0 Å². The van der Waals surface area contributed by atoms with E-state index in [0.29, 0.717) is 12.1 Å². The molecule has 1 amide bonds. The fourth-order valence-electron chi connectivity index (χ4n) is 3.67. The summed E-state index contributed by atoms with van der Waals surface area (Å²) >= 11 is 0. The summed E-state index contributed by atoms with van der Waals surface area (Å²) in [4.78, 5) is 13.0. The summed E-state index contributed by atoms with van der Waals surface area (Å²) in [7, 11) is -7.00. The van der Waals surface area contributed by atoms with Crippen molar-refractivity contribution in [3.63, 3.8) is 0 Å². The van der Waals surface area contributed by atoms with Crippen LogP contribution in [-0.4, -0.2) is 41.8 Å². The van der Waals surface area contributed by atoms with Crippen molar-refractivity contribution in [1.29, 1.82) is 0 Å². The molecule has 0 aliphatic rings. The fraction of sp³-hybridized carbons (Fsp3) is 0.409. The SMILES string of the molecule is CCC(NC(=O)CN(c1c(C)cc(C)cc1C)S(C)(=O)=O)c1ccc(S(C)(=O)=O)cc1. The highest BCUT2D eigenvalue weighted by Gasteiger charge is 2.25. The predicted molar refractivity (Wildman–Crippen MR) is 124 cm³/mol. The van der Waals surface area contributed by atoms with Gasteiger partial charge in [-0.1, -0.05) is 36.8 Å². The first kappa shape index (κ1) is 24.9. The Morgan fingerprint density at radius 3 is 1.90 bits per heavy atom. The molecular weight excluding hydrogens is 436 g/mol. The second-order valence-corrected chi connectivity index (χ2v) is 11.8. The van der Waals surface area contributed by atoms with Crippen LogP contribution in [0.15, 0.2) is 41.3 Å². The normalized spacial score (nSPS) is 13.0. The maximum absolute atomic E-state index is 12.8. The molecule has 0 fully saturated rings. The average Bonchev–Trinajstić information content (AvgIpc) is 2.63. The molecule has 0 saturated carbocycles. The van der Waals surface area contributed by atoms with Crippen molar-refractivity contribution in [1.82, 2.24) is 5.32 Å². The molecule has 0 spiro atoms. The Morgan fingerprint density at radius 1 is 0.968 bits per heavy atom. The van der Waals surface area contributed by atoms with Crippen molar-refractivity contribution in [3.05, 3.63) is 58.7 Å². The summed E-state index contributed by atoms with van der Waals surface area (Å²) in [5.41, 5.74) is 3.82. The van der Waals surface area contributed by atoms with Gasteiger partial charge < -0.3 is 5.32 Å². The van der Waals surface area contributed by atoms with Gasteiger partial charge in [0.05, 0.1) is 22.9 Å². The predicted octanol–water partition coefficient (Wildman–Crippen LogP) is 3.05. The molecule has 0 aliphatic heterocycles. The number of hydrogen-bond donors (Lipinski definition) is 1. The van der Waals surface area contributed by atoms with E-state index >= 15 is 0 Å². The lowest BCUT2D eigenvalue weighted by Gasteiger charge is -2.27. The van der Waals surface area contributed by atoms with Crippen LogP contribution >= 0.6 is 0 Å². The number of nitrogens with zero attached hydrogens (tertiary/aromatic N) is 1. The Hall–Kier alpha value is -2.39. The lowest BCUT2D eigenvalue weighted by molar-refractivity contribution is -0.120. The number of rotatable bonds is 8. The molecular formula is C22H30N2O5S2. The number of sulfone groups is 1. The largest absolute Gasteiger partial charge is 0.348 e. The molecule has 0 aromatic heterocycles. The smallest absolute Gasteiger partial charge is 0.241 e. The zero-order chi connectivity index (χ0) is 23.6. The lowest BCUT2D eigenvalue weighted by atomic mass is 10.0. The topological polar surface area (TPSA) is 101 Å². The molecule has 1 atom stereocenters. The second-order valence-electron chi connectivity index (χ2n) is 7.89. The van der Waals surface area contributed by atoms with Gasteiger partial charge in [0.25, 0.3) is 0 Å². The van der Waals surface area contributed by atoms with Gasteiger partial charge in [-0.2, -0.15) is 0 Å². The average molecular weight is 467 g/mol. The number of amides is 1. The first-order chi connectivity index (χ1) is 14.2. The van der Waals surface area contributed by atoms with Crippen LogP contribution in [0.1, 0.15) is 41.6 Å². The molecule has 0 radical (unpaired) electrons. The van der Waals surface area contributed by atoms with E-state index in [-0.39, 0.29) is 17.5 Å². The molecule has 31 heavy (non-hydrogen) atoms. The van der Waals surface area contributed by atoms with Crippen molar-refractivity contribution in [2.24, 2.45) is 0 Å². The molecule has 0 bridgehead atoms. The highest BCUT2D eigenvalue weighted by molar-refractivity contribution is 7.92. The zero-order valence-corrected chi connectivity index (χ0v) is 20.4. The number of anilines is 1. The summed E-state index contributed by atoms with van der Waals surface area (Å²) < 4.78 is 49.4. The van der Waals surface area contributed by atoms with Crippen molar-refractivity contribution in [3.8, 4) is 0 Å². The molecule has 170 valence electrons. The lowest BCUT2D eigenvalue weighted by Crippen LogP contribution is -2.42. The summed E-state index contributed by atoms with van der Waals surface area (Å²) in [6, 6.07) is 9.72. The minimum absolute atomic E-state index is 0.200. The van der Waals surface area contributed by atoms with Gasteiger partial charge in [0, 0.05) is 6.26 Å². The van der Waals surface area contributed by atoms with E-state index in [0.717, 1.165) is 39.1 Å². The third kappa shape index (κ3) is 6.30. The van der Waals surface area contributed by atoms with Crippen LogP contribution in [0.2, 0.25) is 0 Å². The molecule has 1 N–H and O–H groups in total. The monoisotopic (exact) mass is 466 g/mol. The van der Waals surface area contributed by atoms with E-state index in [1.807, 2.05) is 39.8 Å². The third-order valence-corrected chi connectivity index (χ3v) is 7.27. The van der Waals surface area contributed by atoms with Crippen LogP contribution in [-0.2, 0) is 24.7 Å². The quantitative estimate of drug-likeness (QED) is 0.644. The first-order valence-corrected chi connectivity index (χ1v) is 13.6. The number of aryl methyl sites for hydroxylation is 3. The summed E-state index contributed by atoms with van der Waals surface area (Å²) in [6.07, 6.45) is 2.78. The number of carbonyl (C=O) groups excluding carboxylic acids is 1. The highest BCUT2D eigenvalue weighted by atomic mass is 32.2. The van der Waals surface area contributed by atoms with Crippen LogP contribution in [0.3, 0.4) is 0 Å². The summed E-state index contributed by atoms with van der Waals surface area (Å²) in [6.45, 7) is 7.12. The zero-order valence-electron chi connectivity index (χ0n) is 18.8. The minimum Gasteiger partial charge on any atom is -0.348 e. The van der Waals surface area contributed by atoms with Gasteiger partial charge in [0.1, 0.15) is 6.54 Å². The Balaban J connectivity index is 2.28. The maximum Gasteiger partial charge on any atom is 0.241 e. The highest BCUT2D eigenvalue weighted by Crippen LogP contribution is 2.28. The molecule has 0 saturated heterocycles. The molecule has 2 rings (SSSR count). The van der Waals surface area contributed by atoms with Gasteiger partial charge in [-0.25, -0.2) is 16.8 Å². The van der Waals surface area contributed by atoms with Gasteiger partial charge in [-0.05, 0) is 56.0 Å². The minimum atomic E-state index is -3.69.